The van der Waals surface area contributed by atoms with Crippen LogP contribution in [0.25, 0.3) is 10.9 Å². The summed E-state index contributed by atoms with van der Waals surface area (Å²) in [5.41, 5.74) is 1.07. The average molecular weight is 291 g/mol. The van der Waals surface area contributed by atoms with Gasteiger partial charge >= 0.3 is 5.97 Å². The van der Waals surface area contributed by atoms with Crippen LogP contribution in [0.2, 0.25) is 0 Å². The van der Waals surface area contributed by atoms with Crippen molar-refractivity contribution in [3.05, 3.63) is 30.5 Å². The summed E-state index contributed by atoms with van der Waals surface area (Å²) in [6, 6.07) is 7.93. The Balaban J connectivity index is 2.10. The molecule has 0 fully saturated rings. The molecule has 21 heavy (non-hydrogen) atoms. The quantitative estimate of drug-likeness (QED) is 0.812. The van der Waals surface area contributed by atoms with Crippen molar-refractivity contribution >= 4 is 16.9 Å². The number of hydrogen-bond donors (Lipinski definition) is 1. The Bertz CT molecular complexity index is 605. The second kappa shape index (κ2) is 7.13. The van der Waals surface area contributed by atoms with Crippen LogP contribution in [-0.4, -0.2) is 35.0 Å². The van der Waals surface area contributed by atoms with Crippen molar-refractivity contribution in [1.29, 1.82) is 0 Å². The molecule has 1 atom stereocenters. The van der Waals surface area contributed by atoms with Gasteiger partial charge in [-0.15, -0.1) is 0 Å². The van der Waals surface area contributed by atoms with Gasteiger partial charge in [0.15, 0.2) is 6.10 Å². The zero-order chi connectivity index (χ0) is 15.2. The van der Waals surface area contributed by atoms with Gasteiger partial charge < -0.3 is 19.1 Å². The Morgan fingerprint density at radius 3 is 2.76 bits per heavy atom. The number of carbonyl (C=O) groups is 1. The number of ether oxygens (including phenoxy) is 2. The van der Waals surface area contributed by atoms with Crippen LogP contribution in [0.15, 0.2) is 30.5 Å². The van der Waals surface area contributed by atoms with Gasteiger partial charge in [-0.1, -0.05) is 0 Å². The van der Waals surface area contributed by atoms with Gasteiger partial charge in [-0.3, -0.25) is 0 Å². The second-order valence-corrected chi connectivity index (χ2v) is 4.73. The molecule has 1 unspecified atom stereocenters. The lowest BCUT2D eigenvalue weighted by atomic mass is 10.2. The number of aryl methyl sites for hydroxylation is 1. The fraction of sp³-hybridized carbons (Fsp3) is 0.438. The molecule has 0 radical (unpaired) electrons. The van der Waals surface area contributed by atoms with Crippen LogP contribution in [0.1, 0.15) is 20.3 Å². The Morgan fingerprint density at radius 2 is 2.10 bits per heavy atom. The number of aliphatic carboxylic acids is 1. The normalized spacial score (nSPS) is 12.5. The van der Waals surface area contributed by atoms with Crippen LogP contribution in [0.3, 0.4) is 0 Å². The van der Waals surface area contributed by atoms with E-state index in [1.165, 1.54) is 0 Å². The molecular formula is C16H21NO4. The van der Waals surface area contributed by atoms with Gasteiger partial charge in [-0.2, -0.15) is 0 Å². The van der Waals surface area contributed by atoms with Crippen molar-refractivity contribution in [3.8, 4) is 5.75 Å². The highest BCUT2D eigenvalue weighted by molar-refractivity contribution is 5.81. The molecule has 1 heterocycles. The molecule has 5 heteroatoms. The van der Waals surface area contributed by atoms with Crippen molar-refractivity contribution in [3.63, 3.8) is 0 Å². The minimum atomic E-state index is -0.910. The maximum Gasteiger partial charge on any atom is 0.332 e. The van der Waals surface area contributed by atoms with Gasteiger partial charge in [0.25, 0.3) is 0 Å². The highest BCUT2D eigenvalue weighted by Gasteiger charge is 2.17. The van der Waals surface area contributed by atoms with Crippen molar-refractivity contribution < 1.29 is 19.4 Å². The standard InChI is InChI=1S/C16H21NO4/c1-3-20-13-5-6-14-12(11-13)7-9-17(14)10-8-15(16(18)19)21-4-2/h5-7,9,11,15H,3-4,8,10H2,1-2H3,(H,18,19). The minimum Gasteiger partial charge on any atom is -0.494 e. The third-order valence-electron chi connectivity index (χ3n) is 3.33. The number of rotatable bonds is 8. The highest BCUT2D eigenvalue weighted by Crippen LogP contribution is 2.22. The number of aromatic nitrogens is 1. The van der Waals surface area contributed by atoms with E-state index in [1.54, 1.807) is 6.92 Å². The number of carboxylic acids is 1. The van der Waals surface area contributed by atoms with Crippen LogP contribution < -0.4 is 4.74 Å². The zero-order valence-corrected chi connectivity index (χ0v) is 12.4. The summed E-state index contributed by atoms with van der Waals surface area (Å²) >= 11 is 0. The molecule has 114 valence electrons. The van der Waals surface area contributed by atoms with Crippen molar-refractivity contribution in [2.24, 2.45) is 0 Å². The topological polar surface area (TPSA) is 60.7 Å². The van der Waals surface area contributed by atoms with Crippen LogP contribution in [0, 0.1) is 0 Å². The summed E-state index contributed by atoms with van der Waals surface area (Å²) in [5, 5.41) is 10.2. The number of benzene rings is 1. The van der Waals surface area contributed by atoms with Gasteiger partial charge in [0.2, 0.25) is 0 Å². The lowest BCUT2D eigenvalue weighted by molar-refractivity contribution is -0.150. The largest absolute Gasteiger partial charge is 0.494 e. The van der Waals surface area contributed by atoms with Crippen molar-refractivity contribution in [1.82, 2.24) is 4.57 Å². The van der Waals surface area contributed by atoms with E-state index in [-0.39, 0.29) is 0 Å². The molecule has 0 aliphatic carbocycles. The van der Waals surface area contributed by atoms with Crippen LogP contribution >= 0.6 is 0 Å². The lowest BCUT2D eigenvalue weighted by Gasteiger charge is -2.13. The average Bonchev–Trinajstić information content (AvgIpc) is 2.86. The Hall–Kier alpha value is -2.01. The maximum absolute atomic E-state index is 11.1. The molecule has 0 saturated heterocycles. The molecule has 0 saturated carbocycles. The molecule has 2 aromatic rings. The molecule has 0 aliphatic heterocycles. The number of carboxylic acid groups (broad SMARTS) is 1. The summed E-state index contributed by atoms with van der Waals surface area (Å²) in [7, 11) is 0. The SMILES string of the molecule is CCOc1ccc2c(ccn2CCC(OCC)C(=O)O)c1. The summed E-state index contributed by atoms with van der Waals surface area (Å²) in [4.78, 5) is 11.1. The Labute approximate surface area is 124 Å². The van der Waals surface area contributed by atoms with Gasteiger partial charge in [0.05, 0.1) is 6.61 Å². The predicted octanol–water partition coefficient (Wildman–Crippen LogP) is 2.92. The van der Waals surface area contributed by atoms with E-state index in [2.05, 4.69) is 0 Å². The first-order valence-electron chi connectivity index (χ1n) is 7.21. The van der Waals surface area contributed by atoms with E-state index in [9.17, 15) is 4.79 Å². The fourth-order valence-electron chi connectivity index (χ4n) is 2.37. The summed E-state index contributed by atoms with van der Waals surface area (Å²) < 4.78 is 12.8. The van der Waals surface area contributed by atoms with E-state index in [4.69, 9.17) is 14.6 Å². The summed E-state index contributed by atoms with van der Waals surface area (Å²) in [6.07, 6.45) is 1.65. The Kier molecular flexibility index (Phi) is 5.22. The maximum atomic E-state index is 11.1. The van der Waals surface area contributed by atoms with Crippen LogP contribution in [0.5, 0.6) is 5.75 Å². The van der Waals surface area contributed by atoms with Gasteiger partial charge in [0, 0.05) is 36.7 Å². The lowest BCUT2D eigenvalue weighted by Crippen LogP contribution is -2.25. The summed E-state index contributed by atoms with van der Waals surface area (Å²) in [6.45, 7) is 5.40. The molecule has 1 aromatic carbocycles. The van der Waals surface area contributed by atoms with E-state index in [1.807, 2.05) is 42.0 Å². The fourth-order valence-corrected chi connectivity index (χ4v) is 2.37. The molecular weight excluding hydrogens is 270 g/mol. The molecule has 0 amide bonds. The van der Waals surface area contributed by atoms with Gasteiger partial charge in [-0.05, 0) is 38.1 Å². The van der Waals surface area contributed by atoms with Crippen LogP contribution in [-0.2, 0) is 16.1 Å². The van der Waals surface area contributed by atoms with E-state index in [0.717, 1.165) is 16.7 Å². The first-order valence-corrected chi connectivity index (χ1v) is 7.21. The molecule has 5 nitrogen and oxygen atoms in total. The molecule has 0 bridgehead atoms. The molecule has 1 N–H and O–H groups in total. The smallest absolute Gasteiger partial charge is 0.332 e. The first kappa shape index (κ1) is 15.4. The summed E-state index contributed by atoms with van der Waals surface area (Å²) in [5.74, 6) is -0.0626. The molecule has 0 aliphatic rings. The minimum absolute atomic E-state index is 0.404. The third-order valence-corrected chi connectivity index (χ3v) is 3.33. The number of hydrogen-bond acceptors (Lipinski definition) is 3. The third kappa shape index (κ3) is 3.76. The van der Waals surface area contributed by atoms with E-state index < -0.39 is 12.1 Å². The second-order valence-electron chi connectivity index (χ2n) is 4.73. The molecule has 0 spiro atoms. The number of nitrogens with zero attached hydrogens (tertiary/aromatic N) is 1. The van der Waals surface area contributed by atoms with Gasteiger partial charge in [-0.25, -0.2) is 4.79 Å². The van der Waals surface area contributed by atoms with Gasteiger partial charge in [0.1, 0.15) is 5.75 Å². The Morgan fingerprint density at radius 1 is 1.29 bits per heavy atom. The molecule has 1 aromatic heterocycles. The van der Waals surface area contributed by atoms with Crippen molar-refractivity contribution in [2.75, 3.05) is 13.2 Å². The predicted molar refractivity (Wildman–Crippen MR) is 80.8 cm³/mol. The van der Waals surface area contributed by atoms with Crippen molar-refractivity contribution in [2.45, 2.75) is 32.9 Å². The zero-order valence-electron chi connectivity index (χ0n) is 12.4. The first-order chi connectivity index (χ1) is 10.2. The van der Waals surface area contributed by atoms with E-state index >= 15 is 0 Å². The monoisotopic (exact) mass is 291 g/mol. The number of fused-ring (bicyclic) bond motifs is 1. The van der Waals surface area contributed by atoms with Crippen LogP contribution in [0.4, 0.5) is 0 Å². The van der Waals surface area contributed by atoms with E-state index in [0.29, 0.717) is 26.2 Å². The highest BCUT2D eigenvalue weighted by atomic mass is 16.5. The molecule has 2 rings (SSSR count).